The lowest BCUT2D eigenvalue weighted by molar-refractivity contribution is -0.126. The van der Waals surface area contributed by atoms with Crippen LogP contribution in [-0.2, 0) is 11.3 Å². The topological polar surface area (TPSA) is 92.8 Å². The summed E-state index contributed by atoms with van der Waals surface area (Å²) in [6.45, 7) is 0.962. The van der Waals surface area contributed by atoms with Gasteiger partial charge >= 0.3 is 6.03 Å². The summed E-state index contributed by atoms with van der Waals surface area (Å²) in [5.74, 6) is 1.16. The molecule has 3 aliphatic heterocycles. The van der Waals surface area contributed by atoms with Crippen molar-refractivity contribution >= 4 is 11.9 Å². The molecule has 5 rings (SSSR count). The Labute approximate surface area is 154 Å². The predicted octanol–water partition coefficient (Wildman–Crippen LogP) is 1.46. The Morgan fingerprint density at radius 1 is 1.19 bits per heavy atom. The molecule has 0 fully saturated rings. The number of rotatable bonds is 3. The highest BCUT2D eigenvalue weighted by atomic mass is 16.7. The Balaban J connectivity index is 1.46. The van der Waals surface area contributed by atoms with Crippen molar-refractivity contribution in [1.82, 2.24) is 20.5 Å². The van der Waals surface area contributed by atoms with E-state index in [0.717, 1.165) is 11.1 Å². The van der Waals surface area contributed by atoms with Gasteiger partial charge in [-0.15, -0.1) is 0 Å². The number of carbonyl (C=O) groups excluding carboxylic acids is 2. The zero-order valence-electron chi connectivity index (χ0n) is 14.3. The predicted molar refractivity (Wildman–Crippen MR) is 93.7 cm³/mol. The molecule has 3 amide bonds. The normalized spacial score (nSPS) is 20.4. The standard InChI is InChI=1S/C19H16N4O4/c24-18-16-13(9-23(18)8-11-2-1-5-20-7-11)21-19(25)22-17(16)12-3-4-14-15(6-12)27-10-26-14/h1-7,17H,8-10H2,(H2,21,22,25)/t17-/m0/s1. The van der Waals surface area contributed by atoms with Gasteiger partial charge in [0.25, 0.3) is 5.91 Å². The molecule has 1 aromatic carbocycles. The molecule has 0 unspecified atom stereocenters. The largest absolute Gasteiger partial charge is 0.454 e. The zero-order chi connectivity index (χ0) is 18.4. The van der Waals surface area contributed by atoms with Crippen LogP contribution in [0.4, 0.5) is 4.79 Å². The van der Waals surface area contributed by atoms with Crippen LogP contribution in [0.2, 0.25) is 0 Å². The highest BCUT2D eigenvalue weighted by Crippen LogP contribution is 2.38. The van der Waals surface area contributed by atoms with E-state index in [4.69, 9.17) is 9.47 Å². The summed E-state index contributed by atoms with van der Waals surface area (Å²) in [6.07, 6.45) is 3.43. The second-order valence-electron chi connectivity index (χ2n) is 6.56. The average molecular weight is 364 g/mol. The molecule has 2 N–H and O–H groups in total. The van der Waals surface area contributed by atoms with E-state index >= 15 is 0 Å². The van der Waals surface area contributed by atoms with Gasteiger partial charge in [-0.05, 0) is 29.3 Å². The number of ether oxygens (including phenoxy) is 2. The number of pyridine rings is 1. The first kappa shape index (κ1) is 15.7. The van der Waals surface area contributed by atoms with Gasteiger partial charge in [-0.1, -0.05) is 12.1 Å². The second-order valence-corrected chi connectivity index (χ2v) is 6.56. The lowest BCUT2D eigenvalue weighted by Crippen LogP contribution is -2.44. The van der Waals surface area contributed by atoms with E-state index in [1.54, 1.807) is 29.4 Å². The Kier molecular flexibility index (Phi) is 3.49. The Morgan fingerprint density at radius 3 is 2.93 bits per heavy atom. The van der Waals surface area contributed by atoms with Gasteiger partial charge in [0.05, 0.1) is 23.9 Å². The number of hydrogen-bond acceptors (Lipinski definition) is 5. The van der Waals surface area contributed by atoms with E-state index in [1.165, 1.54) is 0 Å². The summed E-state index contributed by atoms with van der Waals surface area (Å²) in [6, 6.07) is 8.33. The van der Waals surface area contributed by atoms with Crippen LogP contribution in [0.15, 0.2) is 54.0 Å². The molecule has 0 saturated carbocycles. The highest BCUT2D eigenvalue weighted by Gasteiger charge is 2.40. The Hall–Kier alpha value is -3.55. The molecule has 1 atom stereocenters. The van der Waals surface area contributed by atoms with E-state index in [-0.39, 0.29) is 18.7 Å². The first-order valence-electron chi connectivity index (χ1n) is 8.57. The molecule has 8 heteroatoms. The minimum atomic E-state index is -0.533. The lowest BCUT2D eigenvalue weighted by Gasteiger charge is -2.25. The molecule has 3 aliphatic rings. The summed E-state index contributed by atoms with van der Waals surface area (Å²) in [5, 5.41) is 5.62. The fraction of sp³-hybridized carbons (Fsp3) is 0.211. The monoisotopic (exact) mass is 364 g/mol. The number of benzene rings is 1. The summed E-state index contributed by atoms with van der Waals surface area (Å²) >= 11 is 0. The number of hydrogen-bond donors (Lipinski definition) is 2. The van der Waals surface area contributed by atoms with Crippen molar-refractivity contribution in [3.63, 3.8) is 0 Å². The van der Waals surface area contributed by atoms with Crippen LogP contribution < -0.4 is 20.1 Å². The van der Waals surface area contributed by atoms with Crippen molar-refractivity contribution < 1.29 is 19.1 Å². The van der Waals surface area contributed by atoms with Crippen molar-refractivity contribution in [2.45, 2.75) is 12.6 Å². The van der Waals surface area contributed by atoms with Crippen molar-refractivity contribution in [3.05, 3.63) is 65.1 Å². The van der Waals surface area contributed by atoms with Crippen LogP contribution in [-0.4, -0.2) is 35.2 Å². The van der Waals surface area contributed by atoms with Crippen LogP contribution in [0.25, 0.3) is 0 Å². The molecular weight excluding hydrogens is 348 g/mol. The van der Waals surface area contributed by atoms with Gasteiger partial charge in [0.15, 0.2) is 11.5 Å². The smallest absolute Gasteiger partial charge is 0.319 e. The SMILES string of the molecule is O=C1NC2=C(C(=O)N(Cc3cccnc3)C2)[C@H](c2ccc3c(c2)OCO3)N1. The molecule has 0 aliphatic carbocycles. The maximum Gasteiger partial charge on any atom is 0.319 e. The fourth-order valence-electron chi connectivity index (χ4n) is 3.61. The number of nitrogens with zero attached hydrogens (tertiary/aromatic N) is 2. The molecular formula is C19H16N4O4. The maximum atomic E-state index is 13.1. The van der Waals surface area contributed by atoms with E-state index in [1.807, 2.05) is 18.2 Å². The van der Waals surface area contributed by atoms with E-state index in [0.29, 0.717) is 35.9 Å². The molecule has 1 aromatic heterocycles. The van der Waals surface area contributed by atoms with Crippen LogP contribution in [0.3, 0.4) is 0 Å². The van der Waals surface area contributed by atoms with Gasteiger partial charge in [-0.3, -0.25) is 9.78 Å². The number of fused-ring (bicyclic) bond motifs is 1. The minimum Gasteiger partial charge on any atom is -0.454 e. The van der Waals surface area contributed by atoms with Gasteiger partial charge in [0.1, 0.15) is 0 Å². The minimum absolute atomic E-state index is 0.107. The van der Waals surface area contributed by atoms with Crippen molar-refractivity contribution in [1.29, 1.82) is 0 Å². The molecule has 27 heavy (non-hydrogen) atoms. The lowest BCUT2D eigenvalue weighted by atomic mass is 9.96. The molecule has 4 heterocycles. The molecule has 136 valence electrons. The van der Waals surface area contributed by atoms with Crippen molar-refractivity contribution in [2.75, 3.05) is 13.3 Å². The number of aromatic nitrogens is 1. The van der Waals surface area contributed by atoms with Gasteiger partial charge in [0, 0.05) is 18.9 Å². The molecule has 8 nitrogen and oxygen atoms in total. The second kappa shape index (κ2) is 6.01. The van der Waals surface area contributed by atoms with Crippen molar-refractivity contribution in [2.24, 2.45) is 0 Å². The van der Waals surface area contributed by atoms with Crippen LogP contribution in [0.5, 0.6) is 11.5 Å². The molecule has 0 bridgehead atoms. The van der Waals surface area contributed by atoms with Gasteiger partial charge in [-0.25, -0.2) is 4.79 Å². The third-order valence-corrected chi connectivity index (χ3v) is 4.85. The average Bonchev–Trinajstić information content (AvgIpc) is 3.26. The highest BCUT2D eigenvalue weighted by molar-refractivity contribution is 6.01. The summed E-state index contributed by atoms with van der Waals surface area (Å²) in [5.41, 5.74) is 2.90. The van der Waals surface area contributed by atoms with Crippen molar-refractivity contribution in [3.8, 4) is 11.5 Å². The summed E-state index contributed by atoms with van der Waals surface area (Å²) in [7, 11) is 0. The van der Waals surface area contributed by atoms with E-state index < -0.39 is 6.04 Å². The molecule has 2 aromatic rings. The van der Waals surface area contributed by atoms with E-state index in [2.05, 4.69) is 15.6 Å². The first-order chi connectivity index (χ1) is 13.2. The number of amides is 3. The fourth-order valence-corrected chi connectivity index (χ4v) is 3.61. The molecule has 0 saturated heterocycles. The van der Waals surface area contributed by atoms with Gasteiger partial charge in [-0.2, -0.15) is 0 Å². The first-order valence-corrected chi connectivity index (χ1v) is 8.57. The summed E-state index contributed by atoms with van der Waals surface area (Å²) < 4.78 is 10.8. The summed E-state index contributed by atoms with van der Waals surface area (Å²) in [4.78, 5) is 31.0. The Bertz CT molecular complexity index is 973. The number of carbonyl (C=O) groups is 2. The zero-order valence-corrected chi connectivity index (χ0v) is 14.3. The van der Waals surface area contributed by atoms with Crippen LogP contribution in [0, 0.1) is 0 Å². The quantitative estimate of drug-likeness (QED) is 0.860. The third kappa shape index (κ3) is 2.66. The maximum absolute atomic E-state index is 13.1. The van der Waals surface area contributed by atoms with Gasteiger partial charge < -0.3 is 25.0 Å². The number of urea groups is 1. The van der Waals surface area contributed by atoms with Crippen LogP contribution >= 0.6 is 0 Å². The van der Waals surface area contributed by atoms with Crippen LogP contribution in [0.1, 0.15) is 17.2 Å². The third-order valence-electron chi connectivity index (χ3n) is 4.85. The van der Waals surface area contributed by atoms with Gasteiger partial charge in [0.2, 0.25) is 6.79 Å². The van der Waals surface area contributed by atoms with E-state index in [9.17, 15) is 9.59 Å². The number of nitrogens with one attached hydrogen (secondary N) is 2. The Morgan fingerprint density at radius 2 is 2.07 bits per heavy atom. The molecule has 0 spiro atoms. The molecule has 0 radical (unpaired) electrons.